The standard InChI is InChI=1S/C16H33N3O2/c1-5-9-17-16(6-2,15(20)21)8-7-10-19-12-11-18(4)14(3)13-19/h14,17H,5-13H2,1-4H3,(H,20,21). The van der Waals surface area contributed by atoms with Gasteiger partial charge >= 0.3 is 5.97 Å². The van der Waals surface area contributed by atoms with E-state index in [1.54, 1.807) is 0 Å². The molecule has 2 N–H and O–H groups in total. The maximum absolute atomic E-state index is 11.7. The Bertz CT molecular complexity index is 325. The lowest BCUT2D eigenvalue weighted by molar-refractivity contribution is -0.145. The van der Waals surface area contributed by atoms with Crippen molar-refractivity contribution in [2.45, 2.75) is 58.0 Å². The second kappa shape index (κ2) is 8.71. The number of rotatable bonds is 9. The van der Waals surface area contributed by atoms with E-state index in [4.69, 9.17) is 0 Å². The summed E-state index contributed by atoms with van der Waals surface area (Å²) < 4.78 is 0. The molecule has 1 aliphatic heterocycles. The molecule has 0 radical (unpaired) electrons. The lowest BCUT2D eigenvalue weighted by Crippen LogP contribution is -2.53. The minimum atomic E-state index is -0.742. The maximum Gasteiger partial charge on any atom is 0.323 e. The van der Waals surface area contributed by atoms with Crippen LogP contribution < -0.4 is 5.32 Å². The SMILES string of the molecule is CCCNC(CC)(CCCN1CCN(C)C(C)C1)C(=O)O. The van der Waals surface area contributed by atoms with Gasteiger partial charge in [-0.1, -0.05) is 13.8 Å². The molecule has 0 aliphatic carbocycles. The van der Waals surface area contributed by atoms with Crippen molar-refractivity contribution in [2.75, 3.05) is 39.8 Å². The van der Waals surface area contributed by atoms with Gasteiger partial charge in [0, 0.05) is 25.7 Å². The Balaban J connectivity index is 2.44. The highest BCUT2D eigenvalue weighted by Crippen LogP contribution is 2.19. The van der Waals surface area contributed by atoms with Gasteiger partial charge in [0.25, 0.3) is 0 Å². The van der Waals surface area contributed by atoms with Crippen LogP contribution in [0.1, 0.15) is 46.5 Å². The Morgan fingerprint density at radius 3 is 2.62 bits per heavy atom. The number of hydrogen-bond donors (Lipinski definition) is 2. The third kappa shape index (κ3) is 5.24. The van der Waals surface area contributed by atoms with Crippen LogP contribution >= 0.6 is 0 Å². The maximum atomic E-state index is 11.7. The molecule has 2 atom stereocenters. The molecule has 2 unspecified atom stereocenters. The molecule has 0 spiro atoms. The van der Waals surface area contributed by atoms with Crippen molar-refractivity contribution in [2.24, 2.45) is 0 Å². The van der Waals surface area contributed by atoms with Gasteiger partial charge in [-0.25, -0.2) is 0 Å². The van der Waals surface area contributed by atoms with Crippen LogP contribution in [0.5, 0.6) is 0 Å². The van der Waals surface area contributed by atoms with Crippen LogP contribution in [0.3, 0.4) is 0 Å². The summed E-state index contributed by atoms with van der Waals surface area (Å²) in [5.41, 5.74) is -0.742. The number of carboxylic acid groups (broad SMARTS) is 1. The molecule has 1 rings (SSSR count). The van der Waals surface area contributed by atoms with E-state index < -0.39 is 11.5 Å². The van der Waals surface area contributed by atoms with Crippen molar-refractivity contribution in [3.8, 4) is 0 Å². The molecule has 0 amide bonds. The zero-order chi connectivity index (χ0) is 15.9. The fraction of sp³-hybridized carbons (Fsp3) is 0.938. The van der Waals surface area contributed by atoms with Crippen molar-refractivity contribution >= 4 is 5.97 Å². The lowest BCUT2D eigenvalue weighted by Gasteiger charge is -2.38. The lowest BCUT2D eigenvalue weighted by atomic mass is 9.90. The van der Waals surface area contributed by atoms with Crippen LogP contribution in [0.4, 0.5) is 0 Å². The van der Waals surface area contributed by atoms with Gasteiger partial charge in [0.15, 0.2) is 0 Å². The Kier molecular flexibility index (Phi) is 7.63. The first-order valence-electron chi connectivity index (χ1n) is 8.36. The minimum Gasteiger partial charge on any atom is -0.480 e. The molecule has 5 heteroatoms. The van der Waals surface area contributed by atoms with Crippen molar-refractivity contribution in [3.05, 3.63) is 0 Å². The monoisotopic (exact) mass is 299 g/mol. The highest BCUT2D eigenvalue weighted by molar-refractivity contribution is 5.78. The zero-order valence-corrected chi connectivity index (χ0v) is 14.2. The van der Waals surface area contributed by atoms with Crippen LogP contribution in [0.15, 0.2) is 0 Å². The van der Waals surface area contributed by atoms with E-state index in [1.807, 2.05) is 6.92 Å². The first-order valence-corrected chi connectivity index (χ1v) is 8.36. The summed E-state index contributed by atoms with van der Waals surface area (Å²) in [7, 11) is 2.17. The number of likely N-dealkylation sites (N-methyl/N-ethyl adjacent to an activating group) is 1. The third-order valence-corrected chi connectivity index (χ3v) is 4.85. The minimum absolute atomic E-state index is 0.590. The van der Waals surface area contributed by atoms with Crippen molar-refractivity contribution in [1.29, 1.82) is 0 Å². The topological polar surface area (TPSA) is 55.8 Å². The number of carbonyl (C=O) groups is 1. The molecule has 1 saturated heterocycles. The Morgan fingerprint density at radius 1 is 1.38 bits per heavy atom. The Labute approximate surface area is 129 Å². The smallest absolute Gasteiger partial charge is 0.323 e. The predicted octanol–water partition coefficient (Wildman–Crippen LogP) is 1.64. The summed E-state index contributed by atoms with van der Waals surface area (Å²) in [5.74, 6) is -0.704. The van der Waals surface area contributed by atoms with E-state index in [9.17, 15) is 9.90 Å². The molecule has 0 aromatic carbocycles. The van der Waals surface area contributed by atoms with E-state index in [2.05, 4.69) is 36.0 Å². The molecule has 124 valence electrons. The molecule has 0 aromatic rings. The van der Waals surface area contributed by atoms with Crippen LogP contribution in [-0.4, -0.2) is 72.2 Å². The molecule has 21 heavy (non-hydrogen) atoms. The highest BCUT2D eigenvalue weighted by Gasteiger charge is 2.35. The second-order valence-electron chi connectivity index (χ2n) is 6.40. The normalized spacial score (nSPS) is 23.9. The van der Waals surface area contributed by atoms with Gasteiger partial charge < -0.3 is 20.2 Å². The molecule has 0 bridgehead atoms. The van der Waals surface area contributed by atoms with E-state index in [0.717, 1.165) is 45.6 Å². The van der Waals surface area contributed by atoms with Gasteiger partial charge in [-0.15, -0.1) is 0 Å². The molecular formula is C16H33N3O2. The molecule has 1 fully saturated rings. The summed E-state index contributed by atoms with van der Waals surface area (Å²) in [6.45, 7) is 11.3. The second-order valence-corrected chi connectivity index (χ2v) is 6.40. The van der Waals surface area contributed by atoms with E-state index in [1.165, 1.54) is 0 Å². The van der Waals surface area contributed by atoms with Gasteiger partial charge in [-0.3, -0.25) is 4.79 Å². The molecule has 5 nitrogen and oxygen atoms in total. The van der Waals surface area contributed by atoms with E-state index in [-0.39, 0.29) is 0 Å². The Morgan fingerprint density at radius 2 is 2.10 bits per heavy atom. The van der Waals surface area contributed by atoms with Crippen LogP contribution in [0, 0.1) is 0 Å². The molecule has 1 heterocycles. The number of nitrogens with zero attached hydrogens (tertiary/aromatic N) is 2. The molecular weight excluding hydrogens is 266 g/mol. The van der Waals surface area contributed by atoms with Crippen LogP contribution in [0.25, 0.3) is 0 Å². The third-order valence-electron chi connectivity index (χ3n) is 4.85. The number of hydrogen-bond acceptors (Lipinski definition) is 4. The number of piperazine rings is 1. The number of carboxylic acids is 1. The first kappa shape index (κ1) is 18.4. The van der Waals surface area contributed by atoms with Crippen molar-refractivity contribution < 1.29 is 9.90 Å². The highest BCUT2D eigenvalue weighted by atomic mass is 16.4. The van der Waals surface area contributed by atoms with Gasteiger partial charge in [0.1, 0.15) is 5.54 Å². The van der Waals surface area contributed by atoms with Gasteiger partial charge in [-0.2, -0.15) is 0 Å². The van der Waals surface area contributed by atoms with Crippen molar-refractivity contribution in [1.82, 2.24) is 15.1 Å². The van der Waals surface area contributed by atoms with Crippen molar-refractivity contribution in [3.63, 3.8) is 0 Å². The average molecular weight is 299 g/mol. The van der Waals surface area contributed by atoms with Crippen LogP contribution in [-0.2, 0) is 4.79 Å². The average Bonchev–Trinajstić information content (AvgIpc) is 2.46. The van der Waals surface area contributed by atoms with Gasteiger partial charge in [0.05, 0.1) is 0 Å². The van der Waals surface area contributed by atoms with Gasteiger partial charge in [0.2, 0.25) is 0 Å². The van der Waals surface area contributed by atoms with Crippen LogP contribution in [0.2, 0.25) is 0 Å². The summed E-state index contributed by atoms with van der Waals surface area (Å²) >= 11 is 0. The number of aliphatic carboxylic acids is 1. The van der Waals surface area contributed by atoms with Gasteiger partial charge in [-0.05, 0) is 52.7 Å². The largest absolute Gasteiger partial charge is 0.480 e. The quantitative estimate of drug-likeness (QED) is 0.678. The fourth-order valence-electron chi connectivity index (χ4n) is 3.02. The fourth-order valence-corrected chi connectivity index (χ4v) is 3.02. The zero-order valence-electron chi connectivity index (χ0n) is 14.2. The van der Waals surface area contributed by atoms with E-state index >= 15 is 0 Å². The molecule has 0 saturated carbocycles. The summed E-state index contributed by atoms with van der Waals surface area (Å²) in [5, 5.41) is 12.8. The Hall–Kier alpha value is -0.650. The molecule has 0 aromatic heterocycles. The summed E-state index contributed by atoms with van der Waals surface area (Å²) in [6, 6.07) is 0.590. The van der Waals surface area contributed by atoms with E-state index in [0.29, 0.717) is 18.9 Å². The summed E-state index contributed by atoms with van der Waals surface area (Å²) in [6.07, 6.45) is 3.25. The first-order chi connectivity index (χ1) is 9.95. The number of nitrogens with one attached hydrogen (secondary N) is 1. The predicted molar refractivity (Wildman–Crippen MR) is 86.7 cm³/mol. The summed E-state index contributed by atoms with van der Waals surface area (Å²) in [4.78, 5) is 16.5. The molecule has 1 aliphatic rings.